The maximum absolute atomic E-state index is 12.8. The Morgan fingerprint density at radius 2 is 1.36 bits per heavy atom. The summed E-state index contributed by atoms with van der Waals surface area (Å²) in [6.45, 7) is 4.01. The third-order valence-corrected chi connectivity index (χ3v) is 5.04. The minimum absolute atomic E-state index is 0.0278. The second-order valence-corrected chi connectivity index (χ2v) is 7.10. The standard InChI is InChI=1S/C21H26N2O4.C2H2O4/c1-25-18-7-4-16(5-8-18)15-22-10-12-23(13-11-22)21(24)17-6-9-19(26-2)20(14-17)27-3;3-1(4)2(5)6/h4-9,14H,10-13,15H2,1-3H3;(H,3,4)(H,5,6). The molecule has 0 bridgehead atoms. The molecule has 0 unspecified atom stereocenters. The molecule has 1 aliphatic heterocycles. The van der Waals surface area contributed by atoms with Gasteiger partial charge in [-0.15, -0.1) is 0 Å². The number of hydrogen-bond acceptors (Lipinski definition) is 7. The molecule has 0 atom stereocenters. The highest BCUT2D eigenvalue weighted by atomic mass is 16.5. The molecule has 33 heavy (non-hydrogen) atoms. The van der Waals surface area contributed by atoms with Gasteiger partial charge in [0, 0.05) is 38.3 Å². The van der Waals surface area contributed by atoms with E-state index in [0.717, 1.165) is 25.4 Å². The first kappa shape index (κ1) is 25.5. The molecule has 0 spiro atoms. The van der Waals surface area contributed by atoms with E-state index in [2.05, 4.69) is 17.0 Å². The Hall–Kier alpha value is -3.79. The molecule has 1 heterocycles. The van der Waals surface area contributed by atoms with Crippen LogP contribution < -0.4 is 14.2 Å². The van der Waals surface area contributed by atoms with E-state index in [1.54, 1.807) is 39.5 Å². The Labute approximate surface area is 191 Å². The lowest BCUT2D eigenvalue weighted by atomic mass is 10.1. The number of hydrogen-bond donors (Lipinski definition) is 2. The van der Waals surface area contributed by atoms with E-state index in [0.29, 0.717) is 30.2 Å². The zero-order valence-electron chi connectivity index (χ0n) is 18.8. The smallest absolute Gasteiger partial charge is 0.414 e. The molecule has 178 valence electrons. The second-order valence-electron chi connectivity index (χ2n) is 7.10. The number of aliphatic carboxylic acids is 2. The SMILES string of the molecule is COc1ccc(CN2CCN(C(=O)c3ccc(OC)c(OC)c3)CC2)cc1.O=C(O)C(=O)O. The van der Waals surface area contributed by atoms with E-state index in [-0.39, 0.29) is 5.91 Å². The van der Waals surface area contributed by atoms with Crippen LogP contribution in [0.5, 0.6) is 17.2 Å². The summed E-state index contributed by atoms with van der Waals surface area (Å²) in [4.78, 5) is 35.3. The van der Waals surface area contributed by atoms with Gasteiger partial charge in [0.25, 0.3) is 5.91 Å². The third-order valence-electron chi connectivity index (χ3n) is 5.04. The van der Waals surface area contributed by atoms with E-state index < -0.39 is 11.9 Å². The van der Waals surface area contributed by atoms with Gasteiger partial charge in [0.2, 0.25) is 0 Å². The van der Waals surface area contributed by atoms with E-state index in [1.807, 2.05) is 17.0 Å². The number of methoxy groups -OCH3 is 3. The van der Waals surface area contributed by atoms with Gasteiger partial charge in [-0.1, -0.05) is 12.1 Å². The molecule has 0 aliphatic carbocycles. The van der Waals surface area contributed by atoms with E-state index in [4.69, 9.17) is 34.0 Å². The van der Waals surface area contributed by atoms with E-state index >= 15 is 0 Å². The van der Waals surface area contributed by atoms with Crippen molar-refractivity contribution in [1.82, 2.24) is 9.80 Å². The zero-order valence-corrected chi connectivity index (χ0v) is 18.8. The fraction of sp³-hybridized carbons (Fsp3) is 0.348. The molecule has 1 amide bonds. The highest BCUT2D eigenvalue weighted by molar-refractivity contribution is 6.27. The lowest BCUT2D eigenvalue weighted by molar-refractivity contribution is -0.159. The highest BCUT2D eigenvalue weighted by Gasteiger charge is 2.23. The highest BCUT2D eigenvalue weighted by Crippen LogP contribution is 2.28. The summed E-state index contributed by atoms with van der Waals surface area (Å²) in [7, 11) is 4.83. The summed E-state index contributed by atoms with van der Waals surface area (Å²) in [5, 5.41) is 14.8. The van der Waals surface area contributed by atoms with Crippen LogP contribution in [0, 0.1) is 0 Å². The summed E-state index contributed by atoms with van der Waals surface area (Å²) in [6, 6.07) is 13.4. The minimum Gasteiger partial charge on any atom is -0.497 e. The first-order valence-corrected chi connectivity index (χ1v) is 10.1. The van der Waals surface area contributed by atoms with Crippen molar-refractivity contribution < 1.29 is 38.8 Å². The van der Waals surface area contributed by atoms with Crippen LogP contribution in [0.4, 0.5) is 0 Å². The molecule has 2 aromatic rings. The van der Waals surface area contributed by atoms with Crippen LogP contribution in [0.3, 0.4) is 0 Å². The first-order chi connectivity index (χ1) is 15.8. The predicted molar refractivity (Wildman–Crippen MR) is 119 cm³/mol. The van der Waals surface area contributed by atoms with Crippen molar-refractivity contribution in [3.05, 3.63) is 53.6 Å². The number of piperazine rings is 1. The molecule has 2 N–H and O–H groups in total. The molecule has 2 aromatic carbocycles. The number of carbonyl (C=O) groups excluding carboxylic acids is 1. The Bertz CT molecular complexity index is 941. The van der Waals surface area contributed by atoms with Gasteiger partial charge in [-0.2, -0.15) is 0 Å². The normalized spacial score (nSPS) is 13.4. The van der Waals surface area contributed by atoms with Gasteiger partial charge in [0.1, 0.15) is 5.75 Å². The number of carboxylic acid groups (broad SMARTS) is 2. The number of carboxylic acids is 2. The molecule has 0 aromatic heterocycles. The van der Waals surface area contributed by atoms with E-state index in [9.17, 15) is 4.79 Å². The van der Waals surface area contributed by atoms with Crippen molar-refractivity contribution in [1.29, 1.82) is 0 Å². The summed E-state index contributed by atoms with van der Waals surface area (Å²) in [6.07, 6.45) is 0. The molecule has 1 fully saturated rings. The molecular formula is C23H28N2O8. The van der Waals surface area contributed by atoms with Gasteiger partial charge in [-0.25, -0.2) is 9.59 Å². The molecular weight excluding hydrogens is 432 g/mol. The quantitative estimate of drug-likeness (QED) is 0.621. The Kier molecular flexibility index (Phi) is 9.49. The third kappa shape index (κ3) is 7.39. The fourth-order valence-electron chi connectivity index (χ4n) is 3.25. The fourth-order valence-corrected chi connectivity index (χ4v) is 3.25. The number of ether oxygens (including phenoxy) is 3. The summed E-state index contributed by atoms with van der Waals surface area (Å²) >= 11 is 0. The molecule has 1 saturated heterocycles. The molecule has 0 radical (unpaired) electrons. The van der Waals surface area contributed by atoms with Crippen LogP contribution in [-0.2, 0) is 16.1 Å². The number of benzene rings is 2. The van der Waals surface area contributed by atoms with Crippen LogP contribution in [0.1, 0.15) is 15.9 Å². The average Bonchev–Trinajstić information content (AvgIpc) is 2.84. The van der Waals surface area contributed by atoms with Crippen LogP contribution >= 0.6 is 0 Å². The molecule has 10 heteroatoms. The van der Waals surface area contributed by atoms with Gasteiger partial charge >= 0.3 is 11.9 Å². The number of carbonyl (C=O) groups is 3. The Morgan fingerprint density at radius 1 is 0.788 bits per heavy atom. The summed E-state index contributed by atoms with van der Waals surface area (Å²) < 4.78 is 15.7. The number of amides is 1. The topological polar surface area (TPSA) is 126 Å². The number of rotatable bonds is 6. The zero-order chi connectivity index (χ0) is 24.4. The van der Waals surface area contributed by atoms with Crippen LogP contribution in [-0.4, -0.2) is 85.4 Å². The van der Waals surface area contributed by atoms with Gasteiger partial charge < -0.3 is 29.3 Å². The average molecular weight is 460 g/mol. The van der Waals surface area contributed by atoms with E-state index in [1.165, 1.54) is 5.56 Å². The summed E-state index contributed by atoms with van der Waals surface area (Å²) in [5.74, 6) is -1.56. The van der Waals surface area contributed by atoms with Crippen molar-refractivity contribution in [2.24, 2.45) is 0 Å². The maximum atomic E-state index is 12.8. The van der Waals surface area contributed by atoms with Gasteiger partial charge in [-0.3, -0.25) is 9.69 Å². The molecule has 0 saturated carbocycles. The lowest BCUT2D eigenvalue weighted by Gasteiger charge is -2.34. The minimum atomic E-state index is -1.82. The molecule has 3 rings (SSSR count). The van der Waals surface area contributed by atoms with Gasteiger partial charge in [-0.05, 0) is 35.9 Å². The second kappa shape index (κ2) is 12.3. The Morgan fingerprint density at radius 3 is 1.85 bits per heavy atom. The van der Waals surface area contributed by atoms with Gasteiger partial charge in [0.05, 0.1) is 21.3 Å². The monoisotopic (exact) mass is 460 g/mol. The van der Waals surface area contributed by atoms with Gasteiger partial charge in [0.15, 0.2) is 11.5 Å². The van der Waals surface area contributed by atoms with Crippen molar-refractivity contribution in [2.75, 3.05) is 47.5 Å². The van der Waals surface area contributed by atoms with Crippen LogP contribution in [0.2, 0.25) is 0 Å². The maximum Gasteiger partial charge on any atom is 0.414 e. The lowest BCUT2D eigenvalue weighted by Crippen LogP contribution is -2.48. The Balaban J connectivity index is 0.000000569. The first-order valence-electron chi connectivity index (χ1n) is 10.1. The molecule has 1 aliphatic rings. The molecule has 10 nitrogen and oxygen atoms in total. The largest absolute Gasteiger partial charge is 0.497 e. The summed E-state index contributed by atoms with van der Waals surface area (Å²) in [5.41, 5.74) is 1.87. The number of nitrogens with zero attached hydrogens (tertiary/aromatic N) is 2. The van der Waals surface area contributed by atoms with Crippen LogP contribution in [0.15, 0.2) is 42.5 Å². The van der Waals surface area contributed by atoms with Crippen LogP contribution in [0.25, 0.3) is 0 Å². The van der Waals surface area contributed by atoms with Crippen molar-refractivity contribution in [3.63, 3.8) is 0 Å². The predicted octanol–water partition coefficient (Wildman–Crippen LogP) is 1.83. The van der Waals surface area contributed by atoms with Crippen molar-refractivity contribution in [3.8, 4) is 17.2 Å². The van der Waals surface area contributed by atoms with Crippen molar-refractivity contribution >= 4 is 17.8 Å². The van der Waals surface area contributed by atoms with Crippen molar-refractivity contribution in [2.45, 2.75) is 6.54 Å².